The number of pyridine rings is 2. The number of fused-ring (bicyclic) bond motifs is 2. The minimum Gasteiger partial charge on any atom is -0.490 e. The number of nitrogens with one attached hydrogen (secondary N) is 2. The van der Waals surface area contributed by atoms with Crippen LogP contribution in [0.25, 0.3) is 5.52 Å². The zero-order valence-electron chi connectivity index (χ0n) is 15.9. The topological polar surface area (TPSA) is 83.7 Å². The molecule has 3 aromatic heterocycles. The van der Waals surface area contributed by atoms with Crippen LogP contribution in [0.15, 0.2) is 36.8 Å². The minimum atomic E-state index is -0.910. The Morgan fingerprint density at radius 3 is 3.04 bits per heavy atom. The Hall–Kier alpha value is -2.48. The van der Waals surface area contributed by atoms with E-state index in [9.17, 15) is 5.11 Å². The number of imidazole rings is 1. The van der Waals surface area contributed by atoms with Crippen molar-refractivity contribution >= 4 is 5.52 Å². The van der Waals surface area contributed by atoms with E-state index in [2.05, 4.69) is 38.0 Å². The molecule has 1 aliphatic rings. The van der Waals surface area contributed by atoms with Crippen molar-refractivity contribution in [3.8, 4) is 5.75 Å². The maximum absolute atomic E-state index is 11.0. The summed E-state index contributed by atoms with van der Waals surface area (Å²) < 4.78 is 7.90. The lowest BCUT2D eigenvalue weighted by atomic mass is 10.0. The monoisotopic (exact) mass is 367 g/mol. The molecule has 1 atom stereocenters. The smallest absolute Gasteiger partial charge is 0.149 e. The molecule has 0 saturated heterocycles. The fourth-order valence-corrected chi connectivity index (χ4v) is 3.56. The molecule has 3 aromatic rings. The summed E-state index contributed by atoms with van der Waals surface area (Å²) in [5.41, 5.74) is 3.15. The van der Waals surface area contributed by atoms with Crippen molar-refractivity contribution in [3.63, 3.8) is 0 Å². The molecule has 1 unspecified atom stereocenters. The van der Waals surface area contributed by atoms with Crippen LogP contribution in [0.2, 0.25) is 0 Å². The lowest BCUT2D eigenvalue weighted by Gasteiger charge is -2.29. The second-order valence-corrected chi connectivity index (χ2v) is 7.40. The number of ether oxygens (including phenoxy) is 1. The highest BCUT2D eigenvalue weighted by atomic mass is 16.5. The SMILES string of the molecule is Cc1cccn2c(C(C)(C)NC(O)c3ccnc4c3OCCNC4)ncc12. The van der Waals surface area contributed by atoms with Gasteiger partial charge in [0.25, 0.3) is 0 Å². The molecule has 0 bridgehead atoms. The summed E-state index contributed by atoms with van der Waals surface area (Å²) in [7, 11) is 0. The van der Waals surface area contributed by atoms with Crippen molar-refractivity contribution in [2.75, 3.05) is 13.2 Å². The van der Waals surface area contributed by atoms with Crippen LogP contribution in [0.1, 0.15) is 42.7 Å². The number of aliphatic hydroxyl groups excluding tert-OH is 1. The number of aromatic nitrogens is 3. The van der Waals surface area contributed by atoms with Crippen LogP contribution in [0.3, 0.4) is 0 Å². The summed E-state index contributed by atoms with van der Waals surface area (Å²) in [6.07, 6.45) is 4.66. The van der Waals surface area contributed by atoms with E-state index in [4.69, 9.17) is 4.74 Å². The van der Waals surface area contributed by atoms with Crippen LogP contribution in [0.4, 0.5) is 0 Å². The number of aryl methyl sites for hydroxylation is 1. The van der Waals surface area contributed by atoms with E-state index in [1.165, 1.54) is 0 Å². The van der Waals surface area contributed by atoms with E-state index < -0.39 is 11.8 Å². The molecule has 0 aromatic carbocycles. The van der Waals surface area contributed by atoms with Crippen molar-refractivity contribution in [1.82, 2.24) is 25.0 Å². The Morgan fingerprint density at radius 2 is 2.19 bits per heavy atom. The van der Waals surface area contributed by atoms with E-state index in [-0.39, 0.29) is 0 Å². The predicted molar refractivity (Wildman–Crippen MR) is 102 cm³/mol. The molecule has 1 aliphatic heterocycles. The van der Waals surface area contributed by atoms with Gasteiger partial charge in [0.2, 0.25) is 0 Å². The Kier molecular flexibility index (Phi) is 4.59. The molecular weight excluding hydrogens is 342 g/mol. The van der Waals surface area contributed by atoms with Crippen molar-refractivity contribution in [3.05, 3.63) is 59.4 Å². The van der Waals surface area contributed by atoms with Gasteiger partial charge in [-0.15, -0.1) is 0 Å². The first kappa shape index (κ1) is 17.9. The molecule has 4 heterocycles. The van der Waals surface area contributed by atoms with Gasteiger partial charge in [-0.1, -0.05) is 6.07 Å². The molecule has 0 saturated carbocycles. The van der Waals surface area contributed by atoms with Crippen molar-refractivity contribution in [1.29, 1.82) is 0 Å². The molecule has 3 N–H and O–H groups in total. The number of nitrogens with zero attached hydrogens (tertiary/aromatic N) is 3. The standard InChI is InChI=1S/C20H25N5O2/c1-13-5-4-9-25-16(13)12-23-19(25)20(2,3)24-18(26)14-6-7-22-15-11-21-8-10-27-17(14)15/h4-7,9,12,18,21,24,26H,8,10-11H2,1-3H3. The summed E-state index contributed by atoms with van der Waals surface area (Å²) in [6.45, 7) is 8.01. The lowest BCUT2D eigenvalue weighted by molar-refractivity contribution is 0.0942. The molecule has 142 valence electrons. The van der Waals surface area contributed by atoms with E-state index in [0.717, 1.165) is 29.1 Å². The Labute approximate surface area is 158 Å². The van der Waals surface area contributed by atoms with Gasteiger partial charge in [0.1, 0.15) is 24.4 Å². The summed E-state index contributed by atoms with van der Waals surface area (Å²) in [6, 6.07) is 5.86. The Bertz CT molecular complexity index is 966. The van der Waals surface area contributed by atoms with Crippen molar-refractivity contribution in [2.45, 2.75) is 39.1 Å². The summed E-state index contributed by atoms with van der Waals surface area (Å²) in [5.74, 6) is 1.49. The third-order valence-electron chi connectivity index (χ3n) is 4.96. The molecule has 0 fully saturated rings. The molecule has 27 heavy (non-hydrogen) atoms. The predicted octanol–water partition coefficient (Wildman–Crippen LogP) is 2.04. The van der Waals surface area contributed by atoms with Crippen LogP contribution >= 0.6 is 0 Å². The van der Waals surface area contributed by atoms with Crippen LogP contribution in [-0.4, -0.2) is 32.6 Å². The summed E-state index contributed by atoms with van der Waals surface area (Å²) >= 11 is 0. The normalized spacial score (nSPS) is 15.9. The largest absolute Gasteiger partial charge is 0.490 e. The number of rotatable bonds is 4. The van der Waals surface area contributed by atoms with Gasteiger partial charge in [-0.25, -0.2) is 4.98 Å². The van der Waals surface area contributed by atoms with Crippen molar-refractivity contribution in [2.24, 2.45) is 0 Å². The highest BCUT2D eigenvalue weighted by molar-refractivity contribution is 5.53. The summed E-state index contributed by atoms with van der Waals surface area (Å²) in [4.78, 5) is 8.99. The number of hydrogen-bond donors (Lipinski definition) is 3. The van der Waals surface area contributed by atoms with Crippen LogP contribution in [-0.2, 0) is 12.1 Å². The van der Waals surface area contributed by atoms with Gasteiger partial charge >= 0.3 is 0 Å². The van der Waals surface area contributed by atoms with Gasteiger partial charge in [-0.2, -0.15) is 0 Å². The van der Waals surface area contributed by atoms with Gasteiger partial charge < -0.3 is 19.6 Å². The van der Waals surface area contributed by atoms with Gasteiger partial charge in [-0.3, -0.25) is 10.3 Å². The summed E-state index contributed by atoms with van der Waals surface area (Å²) in [5, 5.41) is 17.5. The first-order valence-electron chi connectivity index (χ1n) is 9.17. The number of aliphatic hydroxyl groups is 1. The van der Waals surface area contributed by atoms with Crippen molar-refractivity contribution < 1.29 is 9.84 Å². The van der Waals surface area contributed by atoms with Crippen LogP contribution in [0.5, 0.6) is 5.75 Å². The van der Waals surface area contributed by atoms with E-state index in [1.807, 2.05) is 32.3 Å². The van der Waals surface area contributed by atoms with Gasteiger partial charge in [-0.05, 0) is 38.5 Å². The molecule has 7 heteroatoms. The second kappa shape index (κ2) is 6.92. The lowest BCUT2D eigenvalue weighted by Crippen LogP contribution is -2.41. The van der Waals surface area contributed by atoms with E-state index in [1.54, 1.807) is 12.3 Å². The Morgan fingerprint density at radius 1 is 1.33 bits per heavy atom. The van der Waals surface area contributed by atoms with E-state index >= 15 is 0 Å². The third-order valence-corrected chi connectivity index (χ3v) is 4.96. The fraction of sp³-hybridized carbons (Fsp3) is 0.400. The average molecular weight is 367 g/mol. The second-order valence-electron chi connectivity index (χ2n) is 7.40. The first-order chi connectivity index (χ1) is 13.0. The first-order valence-corrected chi connectivity index (χ1v) is 9.17. The van der Waals surface area contributed by atoms with Gasteiger partial charge in [0.15, 0.2) is 0 Å². The molecule has 7 nitrogen and oxygen atoms in total. The van der Waals surface area contributed by atoms with Crippen LogP contribution in [0, 0.1) is 6.92 Å². The minimum absolute atomic E-state index is 0.548. The molecular formula is C20H25N5O2. The molecule has 0 amide bonds. The van der Waals surface area contributed by atoms with Gasteiger partial charge in [0.05, 0.1) is 22.9 Å². The highest BCUT2D eigenvalue weighted by Crippen LogP contribution is 2.31. The maximum atomic E-state index is 11.0. The quantitative estimate of drug-likeness (QED) is 0.612. The van der Waals surface area contributed by atoms with Gasteiger partial charge in [0, 0.05) is 31.0 Å². The number of hydrogen-bond acceptors (Lipinski definition) is 6. The third kappa shape index (κ3) is 3.29. The highest BCUT2D eigenvalue weighted by Gasteiger charge is 2.30. The maximum Gasteiger partial charge on any atom is 0.149 e. The molecule has 0 radical (unpaired) electrons. The zero-order valence-corrected chi connectivity index (χ0v) is 15.9. The zero-order chi connectivity index (χ0) is 19.0. The molecule has 0 aliphatic carbocycles. The Balaban J connectivity index is 1.66. The van der Waals surface area contributed by atoms with Crippen LogP contribution < -0.4 is 15.4 Å². The molecule has 4 rings (SSSR count). The fourth-order valence-electron chi connectivity index (χ4n) is 3.56. The average Bonchev–Trinajstić information content (AvgIpc) is 2.94. The molecule has 0 spiro atoms. The van der Waals surface area contributed by atoms with E-state index in [0.29, 0.717) is 24.5 Å².